The summed E-state index contributed by atoms with van der Waals surface area (Å²) in [5.41, 5.74) is 0.818. The average Bonchev–Trinajstić information content (AvgIpc) is 3.04. The Kier molecular flexibility index (Phi) is 5.36. The van der Waals surface area contributed by atoms with Crippen LogP contribution in [0.25, 0.3) is 0 Å². The standard InChI is InChI=1S/C18H30N4O/c1-14(2)22-13-16(11-19-22)20-18(23)15-7-6-10-21(12-15)17-8-4-3-5-9-17/h11,13-15,17H,3-10,12H2,1-2H3,(H,20,23). The second-order valence-electron chi connectivity index (χ2n) is 7.42. The molecule has 5 nitrogen and oxygen atoms in total. The SMILES string of the molecule is CC(C)n1cc(NC(=O)C2CCCN(C3CCCCC3)C2)cn1. The van der Waals surface area contributed by atoms with E-state index in [2.05, 4.69) is 29.2 Å². The Bertz CT molecular complexity index is 519. The zero-order valence-corrected chi connectivity index (χ0v) is 14.5. The lowest BCUT2D eigenvalue weighted by Crippen LogP contribution is -2.46. The lowest BCUT2D eigenvalue weighted by molar-refractivity contribution is -0.121. The molecule has 1 aromatic heterocycles. The summed E-state index contributed by atoms with van der Waals surface area (Å²) in [5, 5.41) is 7.36. The summed E-state index contributed by atoms with van der Waals surface area (Å²) in [6.07, 6.45) is 12.5. The first kappa shape index (κ1) is 16.5. The third-order valence-corrected chi connectivity index (χ3v) is 5.31. The van der Waals surface area contributed by atoms with Crippen LogP contribution < -0.4 is 5.32 Å². The minimum Gasteiger partial charge on any atom is -0.323 e. The summed E-state index contributed by atoms with van der Waals surface area (Å²) in [6, 6.07) is 1.03. The number of amides is 1. The minimum atomic E-state index is 0.119. The van der Waals surface area contributed by atoms with Crippen molar-refractivity contribution in [1.29, 1.82) is 0 Å². The molecule has 3 rings (SSSR count). The summed E-state index contributed by atoms with van der Waals surface area (Å²) in [4.78, 5) is 15.2. The van der Waals surface area contributed by atoms with E-state index >= 15 is 0 Å². The fraction of sp³-hybridized carbons (Fsp3) is 0.778. The van der Waals surface area contributed by atoms with Gasteiger partial charge in [0.15, 0.2) is 0 Å². The van der Waals surface area contributed by atoms with Gasteiger partial charge in [-0.05, 0) is 46.1 Å². The second kappa shape index (κ2) is 7.47. The van der Waals surface area contributed by atoms with Gasteiger partial charge in [-0.15, -0.1) is 0 Å². The number of anilines is 1. The first-order valence-electron chi connectivity index (χ1n) is 9.22. The van der Waals surface area contributed by atoms with Crippen LogP contribution in [0.15, 0.2) is 12.4 Å². The first-order valence-corrected chi connectivity index (χ1v) is 9.22. The van der Waals surface area contributed by atoms with E-state index in [-0.39, 0.29) is 11.8 Å². The van der Waals surface area contributed by atoms with E-state index in [1.54, 1.807) is 6.20 Å². The molecule has 0 spiro atoms. The maximum Gasteiger partial charge on any atom is 0.228 e. The molecule has 1 saturated heterocycles. The highest BCUT2D eigenvalue weighted by Crippen LogP contribution is 2.27. The van der Waals surface area contributed by atoms with Gasteiger partial charge in [-0.3, -0.25) is 14.4 Å². The van der Waals surface area contributed by atoms with Crippen LogP contribution >= 0.6 is 0 Å². The molecule has 1 atom stereocenters. The fourth-order valence-corrected chi connectivity index (χ4v) is 3.93. The summed E-state index contributed by atoms with van der Waals surface area (Å²) < 4.78 is 1.88. The summed E-state index contributed by atoms with van der Waals surface area (Å²) in [6.45, 7) is 6.26. The number of aromatic nitrogens is 2. The Labute approximate surface area is 139 Å². The number of hydrogen-bond donors (Lipinski definition) is 1. The monoisotopic (exact) mass is 318 g/mol. The van der Waals surface area contributed by atoms with Crippen molar-refractivity contribution in [3.63, 3.8) is 0 Å². The van der Waals surface area contributed by atoms with Crippen LogP contribution in [0.1, 0.15) is 64.8 Å². The number of carbonyl (C=O) groups is 1. The Morgan fingerprint density at radius 1 is 1.22 bits per heavy atom. The van der Waals surface area contributed by atoms with Gasteiger partial charge < -0.3 is 5.32 Å². The molecule has 0 aromatic carbocycles. The van der Waals surface area contributed by atoms with Crippen molar-refractivity contribution in [3.8, 4) is 0 Å². The molecule has 1 amide bonds. The predicted octanol–water partition coefficient (Wildman–Crippen LogP) is 3.45. The van der Waals surface area contributed by atoms with Gasteiger partial charge in [-0.25, -0.2) is 0 Å². The summed E-state index contributed by atoms with van der Waals surface area (Å²) in [5.74, 6) is 0.280. The van der Waals surface area contributed by atoms with E-state index in [9.17, 15) is 4.79 Å². The van der Waals surface area contributed by atoms with Gasteiger partial charge in [0, 0.05) is 24.8 Å². The highest BCUT2D eigenvalue weighted by atomic mass is 16.1. The quantitative estimate of drug-likeness (QED) is 0.925. The van der Waals surface area contributed by atoms with Crippen molar-refractivity contribution in [1.82, 2.24) is 14.7 Å². The first-order chi connectivity index (χ1) is 11.1. The molecule has 0 radical (unpaired) electrons. The second-order valence-corrected chi connectivity index (χ2v) is 7.42. The topological polar surface area (TPSA) is 50.2 Å². The third kappa shape index (κ3) is 4.14. The van der Waals surface area contributed by atoms with E-state index in [0.717, 1.165) is 25.1 Å². The van der Waals surface area contributed by atoms with Crippen LogP contribution in [0.2, 0.25) is 0 Å². The van der Waals surface area contributed by atoms with Crippen molar-refractivity contribution in [3.05, 3.63) is 12.4 Å². The van der Waals surface area contributed by atoms with Crippen LogP contribution in [0.3, 0.4) is 0 Å². The fourth-order valence-electron chi connectivity index (χ4n) is 3.93. The minimum absolute atomic E-state index is 0.119. The van der Waals surface area contributed by atoms with Gasteiger partial charge in [-0.2, -0.15) is 5.10 Å². The van der Waals surface area contributed by atoms with Gasteiger partial charge >= 0.3 is 0 Å². The van der Waals surface area contributed by atoms with Crippen LogP contribution in [-0.4, -0.2) is 39.7 Å². The molecule has 2 aliphatic rings. The molecule has 23 heavy (non-hydrogen) atoms. The van der Waals surface area contributed by atoms with Gasteiger partial charge in [0.2, 0.25) is 5.91 Å². The van der Waals surface area contributed by atoms with Gasteiger partial charge in [0.25, 0.3) is 0 Å². The number of hydrogen-bond acceptors (Lipinski definition) is 3. The molecule has 128 valence electrons. The summed E-state index contributed by atoms with van der Waals surface area (Å²) in [7, 11) is 0. The summed E-state index contributed by atoms with van der Waals surface area (Å²) >= 11 is 0. The van der Waals surface area contributed by atoms with E-state index in [1.807, 2.05) is 10.9 Å². The lowest BCUT2D eigenvalue weighted by atomic mass is 9.90. The number of likely N-dealkylation sites (tertiary alicyclic amines) is 1. The van der Waals surface area contributed by atoms with Crippen molar-refractivity contribution >= 4 is 11.6 Å². The molecular formula is C18H30N4O. The molecule has 1 N–H and O–H groups in total. The van der Waals surface area contributed by atoms with Crippen molar-refractivity contribution < 1.29 is 4.79 Å². The van der Waals surface area contributed by atoms with Crippen LogP contribution in [-0.2, 0) is 4.79 Å². The zero-order valence-electron chi connectivity index (χ0n) is 14.5. The molecule has 2 heterocycles. The molecule has 1 saturated carbocycles. The Hall–Kier alpha value is -1.36. The van der Waals surface area contributed by atoms with Gasteiger partial charge in [-0.1, -0.05) is 19.3 Å². The van der Waals surface area contributed by atoms with E-state index in [0.29, 0.717) is 12.1 Å². The van der Waals surface area contributed by atoms with E-state index in [1.165, 1.54) is 38.6 Å². The van der Waals surface area contributed by atoms with E-state index in [4.69, 9.17) is 0 Å². The highest BCUT2D eigenvalue weighted by Gasteiger charge is 2.30. The molecule has 1 aliphatic carbocycles. The number of rotatable bonds is 4. The lowest BCUT2D eigenvalue weighted by Gasteiger charge is -2.39. The number of piperidine rings is 1. The number of nitrogens with one attached hydrogen (secondary N) is 1. The molecule has 1 unspecified atom stereocenters. The Morgan fingerprint density at radius 3 is 2.70 bits per heavy atom. The van der Waals surface area contributed by atoms with Crippen molar-refractivity contribution in [2.24, 2.45) is 5.92 Å². The Morgan fingerprint density at radius 2 is 2.00 bits per heavy atom. The Balaban J connectivity index is 1.55. The molecular weight excluding hydrogens is 288 g/mol. The smallest absolute Gasteiger partial charge is 0.228 e. The van der Waals surface area contributed by atoms with Crippen LogP contribution in [0.5, 0.6) is 0 Å². The van der Waals surface area contributed by atoms with Crippen LogP contribution in [0, 0.1) is 5.92 Å². The van der Waals surface area contributed by atoms with Gasteiger partial charge in [0.05, 0.1) is 17.8 Å². The van der Waals surface area contributed by atoms with E-state index < -0.39 is 0 Å². The highest BCUT2D eigenvalue weighted by molar-refractivity contribution is 5.92. The maximum atomic E-state index is 12.6. The van der Waals surface area contributed by atoms with Crippen molar-refractivity contribution in [2.75, 3.05) is 18.4 Å². The molecule has 5 heteroatoms. The average molecular weight is 318 g/mol. The molecule has 1 aromatic rings. The van der Waals surface area contributed by atoms with Crippen molar-refractivity contribution in [2.45, 2.75) is 70.9 Å². The molecule has 0 bridgehead atoms. The zero-order chi connectivity index (χ0) is 16.2. The third-order valence-electron chi connectivity index (χ3n) is 5.31. The maximum absolute atomic E-state index is 12.6. The number of nitrogens with zero attached hydrogens (tertiary/aromatic N) is 3. The van der Waals surface area contributed by atoms with Crippen LogP contribution in [0.4, 0.5) is 5.69 Å². The normalized spacial score (nSPS) is 24.0. The molecule has 1 aliphatic heterocycles. The predicted molar refractivity (Wildman–Crippen MR) is 92.4 cm³/mol. The van der Waals surface area contributed by atoms with Gasteiger partial charge in [0.1, 0.15) is 0 Å². The molecule has 2 fully saturated rings. The largest absolute Gasteiger partial charge is 0.323 e. The number of carbonyl (C=O) groups excluding carboxylic acids is 1.